The van der Waals surface area contributed by atoms with Crippen molar-refractivity contribution in [2.75, 3.05) is 0 Å². The number of fused-ring (bicyclic) bond motifs is 1. The molecule has 3 aromatic rings. The molecule has 7 heteroatoms. The zero-order valence-electron chi connectivity index (χ0n) is 12.9. The molecular weight excluding hydrogens is 330 g/mol. The summed E-state index contributed by atoms with van der Waals surface area (Å²) in [4.78, 5) is 30.7. The van der Waals surface area contributed by atoms with Gasteiger partial charge < -0.3 is 5.32 Å². The first kappa shape index (κ1) is 15.9. The monoisotopic (exact) mass is 347 g/mol. The van der Waals surface area contributed by atoms with Gasteiger partial charge >= 0.3 is 0 Å². The molecule has 5 nitrogen and oxygen atoms in total. The summed E-state index contributed by atoms with van der Waals surface area (Å²) >= 11 is 3.04. The number of rotatable bonds is 5. The molecule has 3 aromatic heterocycles. The Labute approximate surface area is 141 Å². The smallest absolute Gasteiger partial charge is 0.262 e. The van der Waals surface area contributed by atoms with Crippen LogP contribution in [0, 0.1) is 5.92 Å². The fraction of sp³-hybridized carbons (Fsp3) is 0.312. The van der Waals surface area contributed by atoms with Gasteiger partial charge in [-0.2, -0.15) is 0 Å². The van der Waals surface area contributed by atoms with E-state index >= 15 is 0 Å². The lowest BCUT2D eigenvalue weighted by Crippen LogP contribution is -2.36. The Morgan fingerprint density at radius 1 is 1.30 bits per heavy atom. The molecule has 0 fully saturated rings. The van der Waals surface area contributed by atoms with Crippen LogP contribution in [0.15, 0.2) is 40.1 Å². The fourth-order valence-corrected chi connectivity index (χ4v) is 4.09. The zero-order valence-corrected chi connectivity index (χ0v) is 14.5. The van der Waals surface area contributed by atoms with Gasteiger partial charge in [-0.1, -0.05) is 19.9 Å². The minimum absolute atomic E-state index is 0.0216. The predicted octanol–water partition coefficient (Wildman–Crippen LogP) is 3.03. The molecule has 1 N–H and O–H groups in total. The van der Waals surface area contributed by atoms with Crippen molar-refractivity contribution in [1.82, 2.24) is 14.9 Å². The molecule has 0 aliphatic rings. The summed E-state index contributed by atoms with van der Waals surface area (Å²) in [5.41, 5.74) is -0.177. The number of nitrogens with one attached hydrogen (secondary N) is 1. The third-order valence-electron chi connectivity index (χ3n) is 3.60. The highest BCUT2D eigenvalue weighted by atomic mass is 32.1. The van der Waals surface area contributed by atoms with Crippen LogP contribution in [0.5, 0.6) is 0 Å². The van der Waals surface area contributed by atoms with Crippen molar-refractivity contribution >= 4 is 38.8 Å². The zero-order chi connectivity index (χ0) is 16.4. The van der Waals surface area contributed by atoms with Crippen LogP contribution in [-0.2, 0) is 11.3 Å². The number of hydrogen-bond acceptors (Lipinski definition) is 5. The molecule has 0 spiro atoms. The third kappa shape index (κ3) is 3.35. The summed E-state index contributed by atoms with van der Waals surface area (Å²) < 4.78 is 1.36. The maximum atomic E-state index is 12.4. The van der Waals surface area contributed by atoms with Crippen LogP contribution in [0.25, 0.3) is 10.2 Å². The number of thiophene rings is 2. The Hall–Kier alpha value is -1.99. The van der Waals surface area contributed by atoms with E-state index in [9.17, 15) is 9.59 Å². The summed E-state index contributed by atoms with van der Waals surface area (Å²) in [6.07, 6.45) is 1.44. The second-order valence-corrected chi connectivity index (χ2v) is 7.50. The normalized spacial score (nSPS) is 12.7. The molecule has 23 heavy (non-hydrogen) atoms. The molecular formula is C16H17N3O2S2. The van der Waals surface area contributed by atoms with Crippen molar-refractivity contribution in [1.29, 1.82) is 0 Å². The van der Waals surface area contributed by atoms with E-state index < -0.39 is 0 Å². The Morgan fingerprint density at radius 2 is 2.13 bits per heavy atom. The summed E-state index contributed by atoms with van der Waals surface area (Å²) in [6, 6.07) is 5.68. The number of nitrogens with zero attached hydrogens (tertiary/aromatic N) is 2. The first-order valence-corrected chi connectivity index (χ1v) is 9.07. The predicted molar refractivity (Wildman–Crippen MR) is 93.9 cm³/mol. The van der Waals surface area contributed by atoms with Crippen LogP contribution in [0.2, 0.25) is 0 Å². The van der Waals surface area contributed by atoms with E-state index in [1.807, 2.05) is 22.9 Å². The molecule has 1 amide bonds. The van der Waals surface area contributed by atoms with E-state index in [1.54, 1.807) is 17.4 Å². The lowest BCUT2D eigenvalue weighted by Gasteiger charge is -2.21. The molecule has 0 aromatic carbocycles. The molecule has 0 aliphatic heterocycles. The van der Waals surface area contributed by atoms with Crippen molar-refractivity contribution in [3.8, 4) is 0 Å². The SMILES string of the molecule is CC(C)C(NC(=O)Cn1cnc2sccc2c1=O)c1cccs1. The number of carbonyl (C=O) groups is 1. The lowest BCUT2D eigenvalue weighted by atomic mass is 10.0. The Morgan fingerprint density at radius 3 is 2.83 bits per heavy atom. The highest BCUT2D eigenvalue weighted by Crippen LogP contribution is 2.25. The van der Waals surface area contributed by atoms with E-state index in [2.05, 4.69) is 24.1 Å². The molecule has 3 heterocycles. The van der Waals surface area contributed by atoms with Gasteiger partial charge in [-0.05, 0) is 28.8 Å². The van der Waals surface area contributed by atoms with Gasteiger partial charge in [-0.3, -0.25) is 14.2 Å². The highest BCUT2D eigenvalue weighted by Gasteiger charge is 2.19. The van der Waals surface area contributed by atoms with E-state index in [0.717, 1.165) is 4.88 Å². The van der Waals surface area contributed by atoms with Crippen molar-refractivity contribution in [2.45, 2.75) is 26.4 Å². The van der Waals surface area contributed by atoms with Crippen molar-refractivity contribution in [3.05, 3.63) is 50.5 Å². The Bertz CT molecular complexity index is 865. The topological polar surface area (TPSA) is 64.0 Å². The summed E-state index contributed by atoms with van der Waals surface area (Å²) in [5, 5.41) is 7.41. The molecule has 0 bridgehead atoms. The molecule has 0 radical (unpaired) electrons. The minimum Gasteiger partial charge on any atom is -0.347 e. The van der Waals surface area contributed by atoms with Crippen LogP contribution in [0.1, 0.15) is 24.8 Å². The number of carbonyl (C=O) groups excluding carboxylic acids is 1. The van der Waals surface area contributed by atoms with E-state index in [4.69, 9.17) is 0 Å². The van der Waals surface area contributed by atoms with Gasteiger partial charge in [-0.25, -0.2) is 4.98 Å². The van der Waals surface area contributed by atoms with Crippen LogP contribution in [-0.4, -0.2) is 15.5 Å². The fourth-order valence-electron chi connectivity index (χ4n) is 2.41. The van der Waals surface area contributed by atoms with Crippen LogP contribution in [0.4, 0.5) is 0 Å². The van der Waals surface area contributed by atoms with Crippen LogP contribution in [0.3, 0.4) is 0 Å². The van der Waals surface area contributed by atoms with Crippen molar-refractivity contribution in [2.24, 2.45) is 5.92 Å². The second kappa shape index (κ2) is 6.64. The first-order valence-electron chi connectivity index (χ1n) is 7.31. The first-order chi connectivity index (χ1) is 11.1. The second-order valence-electron chi connectivity index (χ2n) is 5.62. The van der Waals surface area contributed by atoms with Gasteiger partial charge in [0.2, 0.25) is 5.91 Å². The maximum absolute atomic E-state index is 12.4. The van der Waals surface area contributed by atoms with Crippen molar-refractivity contribution in [3.63, 3.8) is 0 Å². The van der Waals surface area contributed by atoms with Gasteiger partial charge in [-0.15, -0.1) is 22.7 Å². The minimum atomic E-state index is -0.185. The average Bonchev–Trinajstić information content (AvgIpc) is 3.18. The maximum Gasteiger partial charge on any atom is 0.262 e. The molecule has 1 unspecified atom stereocenters. The Kier molecular flexibility index (Phi) is 4.58. The van der Waals surface area contributed by atoms with E-state index in [1.165, 1.54) is 22.2 Å². The lowest BCUT2D eigenvalue weighted by molar-refractivity contribution is -0.122. The average molecular weight is 347 g/mol. The molecule has 0 aliphatic carbocycles. The van der Waals surface area contributed by atoms with Gasteiger partial charge in [0, 0.05) is 4.88 Å². The van der Waals surface area contributed by atoms with Crippen molar-refractivity contribution < 1.29 is 4.79 Å². The van der Waals surface area contributed by atoms with E-state index in [-0.39, 0.29) is 30.0 Å². The number of amides is 1. The molecule has 3 rings (SSSR count). The van der Waals surface area contributed by atoms with Crippen LogP contribution < -0.4 is 10.9 Å². The highest BCUT2D eigenvalue weighted by molar-refractivity contribution is 7.16. The van der Waals surface area contributed by atoms with Gasteiger partial charge in [0.1, 0.15) is 11.4 Å². The van der Waals surface area contributed by atoms with Crippen LogP contribution >= 0.6 is 22.7 Å². The number of hydrogen-bond donors (Lipinski definition) is 1. The van der Waals surface area contributed by atoms with Gasteiger partial charge in [0.25, 0.3) is 5.56 Å². The summed E-state index contributed by atoms with van der Waals surface area (Å²) in [7, 11) is 0. The molecule has 0 saturated heterocycles. The quantitative estimate of drug-likeness (QED) is 0.771. The van der Waals surface area contributed by atoms with Gasteiger partial charge in [0.05, 0.1) is 17.8 Å². The molecule has 1 atom stereocenters. The number of aromatic nitrogens is 2. The summed E-state index contributed by atoms with van der Waals surface area (Å²) in [6.45, 7) is 4.11. The Balaban J connectivity index is 1.77. The summed E-state index contributed by atoms with van der Waals surface area (Å²) in [5.74, 6) is 0.0855. The standard InChI is InChI=1S/C16H17N3O2S2/c1-10(2)14(12-4-3-6-22-12)18-13(20)8-19-9-17-15-11(16(19)21)5-7-23-15/h3-7,9-10,14H,8H2,1-2H3,(H,18,20). The third-order valence-corrected chi connectivity index (χ3v) is 5.37. The van der Waals surface area contributed by atoms with Gasteiger partial charge in [0.15, 0.2) is 0 Å². The molecule has 0 saturated carbocycles. The van der Waals surface area contributed by atoms with E-state index in [0.29, 0.717) is 10.2 Å². The largest absolute Gasteiger partial charge is 0.347 e. The molecule has 120 valence electrons.